The number of nitrogens with zero attached hydrogens (tertiary/aromatic N) is 3. The SMILES string of the molecule is CCN(Cc1ccc(OC)c(OC)c1)C(=O)c1ccc(SCc2cn3ccccc3n2)cc1. The summed E-state index contributed by atoms with van der Waals surface area (Å²) in [5.41, 5.74) is 3.64. The van der Waals surface area contributed by atoms with Crippen LogP contribution in [0.5, 0.6) is 11.5 Å². The summed E-state index contributed by atoms with van der Waals surface area (Å²) in [6, 6.07) is 19.5. The van der Waals surface area contributed by atoms with Gasteiger partial charge in [0, 0.05) is 41.7 Å². The summed E-state index contributed by atoms with van der Waals surface area (Å²) in [7, 11) is 3.22. The van der Waals surface area contributed by atoms with Gasteiger partial charge >= 0.3 is 0 Å². The molecule has 1 amide bonds. The zero-order valence-corrected chi connectivity index (χ0v) is 19.8. The van der Waals surface area contributed by atoms with Crippen LogP contribution in [0.3, 0.4) is 0 Å². The van der Waals surface area contributed by atoms with Crippen molar-refractivity contribution in [3.8, 4) is 11.5 Å². The number of aromatic nitrogens is 2. The molecule has 4 rings (SSSR count). The Morgan fingerprint density at radius 3 is 2.52 bits per heavy atom. The zero-order valence-electron chi connectivity index (χ0n) is 19.0. The van der Waals surface area contributed by atoms with Crippen LogP contribution in [0.15, 0.2) is 78.0 Å². The molecule has 0 saturated carbocycles. The molecule has 0 atom stereocenters. The van der Waals surface area contributed by atoms with Gasteiger partial charge in [-0.15, -0.1) is 11.8 Å². The molecule has 0 radical (unpaired) electrons. The van der Waals surface area contributed by atoms with Crippen molar-refractivity contribution in [2.75, 3.05) is 20.8 Å². The van der Waals surface area contributed by atoms with Crippen molar-refractivity contribution in [1.82, 2.24) is 14.3 Å². The van der Waals surface area contributed by atoms with Crippen LogP contribution in [0.2, 0.25) is 0 Å². The molecule has 0 spiro atoms. The highest BCUT2D eigenvalue weighted by Gasteiger charge is 2.16. The van der Waals surface area contributed by atoms with Crippen molar-refractivity contribution in [2.45, 2.75) is 24.1 Å². The second kappa shape index (κ2) is 10.4. The zero-order chi connectivity index (χ0) is 23.2. The first-order valence-electron chi connectivity index (χ1n) is 10.8. The second-order valence-electron chi connectivity index (χ2n) is 7.52. The third-order valence-electron chi connectivity index (χ3n) is 5.39. The molecule has 7 heteroatoms. The lowest BCUT2D eigenvalue weighted by atomic mass is 10.1. The van der Waals surface area contributed by atoms with E-state index in [0.717, 1.165) is 27.6 Å². The lowest BCUT2D eigenvalue weighted by Gasteiger charge is -2.22. The predicted molar refractivity (Wildman–Crippen MR) is 131 cm³/mol. The molecule has 6 nitrogen and oxygen atoms in total. The Morgan fingerprint density at radius 1 is 1.03 bits per heavy atom. The summed E-state index contributed by atoms with van der Waals surface area (Å²) in [4.78, 5) is 20.7. The summed E-state index contributed by atoms with van der Waals surface area (Å²) >= 11 is 1.71. The molecule has 0 aliphatic carbocycles. The first kappa shape index (κ1) is 22.7. The van der Waals surface area contributed by atoms with Gasteiger partial charge in [-0.2, -0.15) is 0 Å². The van der Waals surface area contributed by atoms with E-state index >= 15 is 0 Å². The maximum atomic E-state index is 13.1. The minimum Gasteiger partial charge on any atom is -0.493 e. The Labute approximate surface area is 198 Å². The number of ether oxygens (including phenoxy) is 2. The van der Waals surface area contributed by atoms with Crippen molar-refractivity contribution in [1.29, 1.82) is 0 Å². The van der Waals surface area contributed by atoms with E-state index in [4.69, 9.17) is 9.47 Å². The number of methoxy groups -OCH3 is 2. The minimum absolute atomic E-state index is 0.00388. The predicted octanol–water partition coefficient (Wildman–Crippen LogP) is 5.31. The van der Waals surface area contributed by atoms with E-state index in [1.807, 2.05) is 89.3 Å². The van der Waals surface area contributed by atoms with Gasteiger partial charge in [0.05, 0.1) is 19.9 Å². The maximum absolute atomic E-state index is 13.1. The fourth-order valence-corrected chi connectivity index (χ4v) is 4.40. The van der Waals surface area contributed by atoms with Crippen LogP contribution < -0.4 is 9.47 Å². The van der Waals surface area contributed by atoms with Crippen LogP contribution >= 0.6 is 11.8 Å². The van der Waals surface area contributed by atoms with Crippen LogP contribution in [0.4, 0.5) is 0 Å². The molecule has 2 aromatic heterocycles. The standard InChI is InChI=1S/C26H27N3O3S/c1-4-28(16-19-8-13-23(31-2)24(15-19)32-3)26(30)20-9-11-22(12-10-20)33-18-21-17-29-14-6-5-7-25(29)27-21/h5-15,17H,4,16,18H2,1-3H3. The van der Waals surface area contributed by atoms with Crippen LogP contribution in [0.1, 0.15) is 28.5 Å². The second-order valence-corrected chi connectivity index (χ2v) is 8.57. The van der Waals surface area contributed by atoms with Gasteiger partial charge in [-0.3, -0.25) is 4.79 Å². The van der Waals surface area contributed by atoms with E-state index < -0.39 is 0 Å². The fraction of sp³-hybridized carbons (Fsp3) is 0.231. The number of carbonyl (C=O) groups excluding carboxylic acids is 1. The molecule has 0 fully saturated rings. The van der Waals surface area contributed by atoms with E-state index in [9.17, 15) is 4.79 Å². The van der Waals surface area contributed by atoms with Crippen LogP contribution in [0.25, 0.3) is 5.65 Å². The van der Waals surface area contributed by atoms with Gasteiger partial charge in [-0.1, -0.05) is 12.1 Å². The van der Waals surface area contributed by atoms with Crippen molar-refractivity contribution < 1.29 is 14.3 Å². The van der Waals surface area contributed by atoms with Gasteiger partial charge in [0.15, 0.2) is 11.5 Å². The summed E-state index contributed by atoms with van der Waals surface area (Å²) in [5, 5.41) is 0. The molecule has 2 heterocycles. The van der Waals surface area contributed by atoms with Gasteiger partial charge in [-0.25, -0.2) is 4.98 Å². The average Bonchev–Trinajstić information content (AvgIpc) is 3.29. The molecule has 4 aromatic rings. The molecule has 0 N–H and O–H groups in total. The van der Waals surface area contributed by atoms with Crippen LogP contribution in [0, 0.1) is 0 Å². The van der Waals surface area contributed by atoms with Gasteiger partial charge in [0.25, 0.3) is 5.91 Å². The molecular formula is C26H27N3O3S. The van der Waals surface area contributed by atoms with Crippen LogP contribution in [-0.2, 0) is 12.3 Å². The number of benzene rings is 2. The summed E-state index contributed by atoms with van der Waals surface area (Å²) < 4.78 is 12.7. The maximum Gasteiger partial charge on any atom is 0.254 e. The third-order valence-corrected chi connectivity index (χ3v) is 6.44. The van der Waals surface area contributed by atoms with Crippen LogP contribution in [-0.4, -0.2) is 41.0 Å². The van der Waals surface area contributed by atoms with Gasteiger partial charge in [0.2, 0.25) is 0 Å². The number of thioether (sulfide) groups is 1. The molecule has 170 valence electrons. The summed E-state index contributed by atoms with van der Waals surface area (Å²) in [6.07, 6.45) is 4.05. The highest BCUT2D eigenvalue weighted by molar-refractivity contribution is 7.98. The minimum atomic E-state index is 0.00388. The number of hydrogen-bond acceptors (Lipinski definition) is 5. The normalized spacial score (nSPS) is 10.9. The van der Waals surface area contributed by atoms with Gasteiger partial charge in [-0.05, 0) is 61.0 Å². The topological polar surface area (TPSA) is 56.1 Å². The quantitative estimate of drug-likeness (QED) is 0.316. The molecule has 33 heavy (non-hydrogen) atoms. The number of carbonyl (C=O) groups is 1. The Bertz CT molecular complexity index is 1200. The number of amides is 1. The van der Waals surface area contributed by atoms with E-state index in [-0.39, 0.29) is 5.91 Å². The highest BCUT2D eigenvalue weighted by atomic mass is 32.2. The first-order chi connectivity index (χ1) is 16.1. The Kier molecular flexibility index (Phi) is 7.19. The van der Waals surface area contributed by atoms with Crippen molar-refractivity contribution in [2.24, 2.45) is 0 Å². The number of pyridine rings is 1. The van der Waals surface area contributed by atoms with E-state index in [2.05, 4.69) is 4.98 Å². The summed E-state index contributed by atoms with van der Waals surface area (Å²) in [5.74, 6) is 2.11. The lowest BCUT2D eigenvalue weighted by molar-refractivity contribution is 0.0752. The van der Waals surface area contributed by atoms with Crippen molar-refractivity contribution >= 4 is 23.3 Å². The van der Waals surface area contributed by atoms with Gasteiger partial charge < -0.3 is 18.8 Å². The smallest absolute Gasteiger partial charge is 0.254 e. The number of imidazole rings is 1. The van der Waals surface area contributed by atoms with E-state index in [1.165, 1.54) is 0 Å². The Morgan fingerprint density at radius 2 is 1.82 bits per heavy atom. The largest absolute Gasteiger partial charge is 0.493 e. The Hall–Kier alpha value is -3.45. The molecule has 0 aliphatic rings. The average molecular weight is 462 g/mol. The van der Waals surface area contributed by atoms with Crippen molar-refractivity contribution in [3.05, 3.63) is 89.9 Å². The fourth-order valence-electron chi connectivity index (χ4n) is 3.62. The molecule has 0 bridgehead atoms. The van der Waals surface area contributed by atoms with E-state index in [0.29, 0.717) is 30.2 Å². The number of fused-ring (bicyclic) bond motifs is 1. The lowest BCUT2D eigenvalue weighted by Crippen LogP contribution is -2.30. The van der Waals surface area contributed by atoms with Crippen molar-refractivity contribution in [3.63, 3.8) is 0 Å². The molecular weight excluding hydrogens is 434 g/mol. The molecule has 0 aliphatic heterocycles. The Balaban J connectivity index is 1.39. The number of hydrogen-bond donors (Lipinski definition) is 0. The third kappa shape index (κ3) is 5.31. The first-order valence-corrected chi connectivity index (χ1v) is 11.8. The van der Waals surface area contributed by atoms with Gasteiger partial charge in [0.1, 0.15) is 5.65 Å². The monoisotopic (exact) mass is 461 g/mol. The molecule has 0 saturated heterocycles. The summed E-state index contributed by atoms with van der Waals surface area (Å²) in [6.45, 7) is 3.09. The van der Waals surface area contributed by atoms with E-state index in [1.54, 1.807) is 26.0 Å². The number of rotatable bonds is 9. The molecule has 2 aromatic carbocycles. The highest BCUT2D eigenvalue weighted by Crippen LogP contribution is 2.28. The molecule has 0 unspecified atom stereocenters.